The van der Waals surface area contributed by atoms with E-state index in [-0.39, 0.29) is 12.5 Å². The molecule has 0 radical (unpaired) electrons. The molecule has 0 amide bonds. The average Bonchev–Trinajstić information content (AvgIpc) is 3.42. The predicted octanol–water partition coefficient (Wildman–Crippen LogP) is 4.28. The number of halogens is 3. The summed E-state index contributed by atoms with van der Waals surface area (Å²) in [6.45, 7) is -0.0422. The van der Waals surface area contributed by atoms with Crippen molar-refractivity contribution in [1.29, 1.82) is 0 Å². The quantitative estimate of drug-likeness (QED) is 0.607. The number of esters is 2. The van der Waals surface area contributed by atoms with E-state index >= 15 is 0 Å². The van der Waals surface area contributed by atoms with Crippen LogP contribution in [-0.4, -0.2) is 25.2 Å². The highest BCUT2D eigenvalue weighted by molar-refractivity contribution is 5.82. The standard InChI is InChI=1S/C19H23F3O4/c1-25-17(23)16(11-13-7-8-13)15(9-10-19(20,21)22)18(24)26-12-14-5-3-2-4-6-14/h2-6,13,15-16H,7-12H2,1H3. The molecule has 26 heavy (non-hydrogen) atoms. The van der Waals surface area contributed by atoms with Crippen LogP contribution in [0.15, 0.2) is 30.3 Å². The summed E-state index contributed by atoms with van der Waals surface area (Å²) in [5, 5.41) is 0. The number of hydrogen-bond acceptors (Lipinski definition) is 4. The topological polar surface area (TPSA) is 52.6 Å². The van der Waals surface area contributed by atoms with Crippen molar-refractivity contribution in [1.82, 2.24) is 0 Å². The van der Waals surface area contributed by atoms with Gasteiger partial charge in [-0.2, -0.15) is 13.2 Å². The van der Waals surface area contributed by atoms with Crippen LogP contribution in [0.2, 0.25) is 0 Å². The van der Waals surface area contributed by atoms with Crippen molar-refractivity contribution in [3.8, 4) is 0 Å². The van der Waals surface area contributed by atoms with Crippen molar-refractivity contribution in [3.63, 3.8) is 0 Å². The molecule has 1 fully saturated rings. The molecule has 0 aliphatic heterocycles. The van der Waals surface area contributed by atoms with Gasteiger partial charge in [-0.15, -0.1) is 0 Å². The second-order valence-corrected chi connectivity index (χ2v) is 6.66. The first kappa shape index (κ1) is 20.3. The Bertz CT molecular complexity index is 597. The van der Waals surface area contributed by atoms with E-state index in [1.54, 1.807) is 30.3 Å². The van der Waals surface area contributed by atoms with E-state index in [1.807, 2.05) is 0 Å². The minimum atomic E-state index is -4.40. The van der Waals surface area contributed by atoms with Crippen molar-refractivity contribution in [3.05, 3.63) is 35.9 Å². The third kappa shape index (κ3) is 6.69. The Balaban J connectivity index is 2.08. The number of benzene rings is 1. The number of carbonyl (C=O) groups excluding carboxylic acids is 2. The van der Waals surface area contributed by atoms with Gasteiger partial charge in [-0.05, 0) is 24.3 Å². The molecule has 1 saturated carbocycles. The lowest BCUT2D eigenvalue weighted by Crippen LogP contribution is -2.33. The Kier molecular flexibility index (Phi) is 7.06. The van der Waals surface area contributed by atoms with Gasteiger partial charge in [0.05, 0.1) is 18.9 Å². The summed E-state index contributed by atoms with van der Waals surface area (Å²) < 4.78 is 48.0. The maximum absolute atomic E-state index is 12.7. The second kappa shape index (κ2) is 9.05. The Morgan fingerprint density at radius 2 is 1.77 bits per heavy atom. The third-order valence-corrected chi connectivity index (χ3v) is 4.54. The molecule has 2 atom stereocenters. The summed E-state index contributed by atoms with van der Waals surface area (Å²) in [6.07, 6.45) is -3.84. The molecule has 1 aromatic carbocycles. The van der Waals surface area contributed by atoms with Gasteiger partial charge in [0.25, 0.3) is 0 Å². The zero-order valence-electron chi connectivity index (χ0n) is 14.6. The zero-order chi connectivity index (χ0) is 19.2. The van der Waals surface area contributed by atoms with Gasteiger partial charge in [-0.3, -0.25) is 9.59 Å². The van der Waals surface area contributed by atoms with Gasteiger partial charge in [0.1, 0.15) is 6.61 Å². The van der Waals surface area contributed by atoms with Gasteiger partial charge < -0.3 is 9.47 Å². The SMILES string of the molecule is COC(=O)C(CC1CC1)C(CCC(F)(F)F)C(=O)OCc1ccccc1. The molecule has 144 valence electrons. The van der Waals surface area contributed by atoms with E-state index < -0.39 is 42.8 Å². The summed E-state index contributed by atoms with van der Waals surface area (Å²) in [5.74, 6) is -3.24. The van der Waals surface area contributed by atoms with E-state index in [0.29, 0.717) is 6.42 Å². The van der Waals surface area contributed by atoms with Crippen LogP contribution in [0, 0.1) is 17.8 Å². The van der Waals surface area contributed by atoms with Gasteiger partial charge in [-0.1, -0.05) is 43.2 Å². The summed E-state index contributed by atoms with van der Waals surface area (Å²) in [6, 6.07) is 8.85. The van der Waals surface area contributed by atoms with Gasteiger partial charge in [0, 0.05) is 6.42 Å². The van der Waals surface area contributed by atoms with Crippen molar-refractivity contribution in [2.45, 2.75) is 44.9 Å². The van der Waals surface area contributed by atoms with Crippen LogP contribution in [0.1, 0.15) is 37.7 Å². The first-order chi connectivity index (χ1) is 12.3. The van der Waals surface area contributed by atoms with Crippen molar-refractivity contribution >= 4 is 11.9 Å². The predicted molar refractivity (Wildman–Crippen MR) is 87.9 cm³/mol. The molecule has 0 N–H and O–H groups in total. The van der Waals surface area contributed by atoms with Gasteiger partial charge in [0.2, 0.25) is 0 Å². The zero-order valence-corrected chi connectivity index (χ0v) is 14.6. The minimum Gasteiger partial charge on any atom is -0.469 e. The number of rotatable bonds is 9. The van der Waals surface area contributed by atoms with E-state index in [9.17, 15) is 22.8 Å². The number of methoxy groups -OCH3 is 1. The molecule has 2 rings (SSSR count). The highest BCUT2D eigenvalue weighted by Gasteiger charge is 2.41. The highest BCUT2D eigenvalue weighted by Crippen LogP contribution is 2.40. The summed E-state index contributed by atoms with van der Waals surface area (Å²) in [5.41, 5.74) is 0.729. The Hall–Kier alpha value is -2.05. The molecular weight excluding hydrogens is 349 g/mol. The van der Waals surface area contributed by atoms with Crippen molar-refractivity contribution in [2.24, 2.45) is 17.8 Å². The molecule has 0 heterocycles. The van der Waals surface area contributed by atoms with Crippen LogP contribution in [0.3, 0.4) is 0 Å². The monoisotopic (exact) mass is 372 g/mol. The normalized spacial score (nSPS) is 16.6. The molecule has 1 aromatic rings. The van der Waals surface area contributed by atoms with E-state index in [4.69, 9.17) is 9.47 Å². The van der Waals surface area contributed by atoms with E-state index in [0.717, 1.165) is 18.4 Å². The fourth-order valence-electron chi connectivity index (χ4n) is 2.93. The molecular formula is C19H23F3O4. The fraction of sp³-hybridized carbons (Fsp3) is 0.579. The highest BCUT2D eigenvalue weighted by atomic mass is 19.4. The van der Waals surface area contributed by atoms with Crippen molar-refractivity contribution < 1.29 is 32.2 Å². The Morgan fingerprint density at radius 3 is 2.31 bits per heavy atom. The molecule has 0 aromatic heterocycles. The van der Waals surface area contributed by atoms with Crippen LogP contribution in [0.4, 0.5) is 13.2 Å². The first-order valence-corrected chi connectivity index (χ1v) is 8.65. The van der Waals surface area contributed by atoms with Crippen LogP contribution in [-0.2, 0) is 25.7 Å². The van der Waals surface area contributed by atoms with Crippen LogP contribution >= 0.6 is 0 Å². The number of carbonyl (C=O) groups is 2. The molecule has 4 nitrogen and oxygen atoms in total. The molecule has 0 spiro atoms. The molecule has 0 bridgehead atoms. The largest absolute Gasteiger partial charge is 0.469 e. The summed E-state index contributed by atoms with van der Waals surface area (Å²) >= 11 is 0. The molecule has 7 heteroatoms. The minimum absolute atomic E-state index is 0.0422. The van der Waals surface area contributed by atoms with Crippen molar-refractivity contribution in [2.75, 3.05) is 7.11 Å². The maximum Gasteiger partial charge on any atom is 0.389 e. The van der Waals surface area contributed by atoms with Crippen LogP contribution in [0.5, 0.6) is 0 Å². The average molecular weight is 372 g/mol. The fourth-order valence-corrected chi connectivity index (χ4v) is 2.93. The number of alkyl halides is 3. The van der Waals surface area contributed by atoms with Gasteiger partial charge in [0.15, 0.2) is 0 Å². The lowest BCUT2D eigenvalue weighted by molar-refractivity contribution is -0.165. The van der Waals surface area contributed by atoms with Gasteiger partial charge >= 0.3 is 18.1 Å². The smallest absolute Gasteiger partial charge is 0.389 e. The summed E-state index contributed by atoms with van der Waals surface area (Å²) in [7, 11) is 1.18. The molecule has 2 unspecified atom stereocenters. The number of hydrogen-bond donors (Lipinski definition) is 0. The Labute approximate surface area is 150 Å². The Morgan fingerprint density at radius 1 is 1.12 bits per heavy atom. The van der Waals surface area contributed by atoms with E-state index in [1.165, 1.54) is 7.11 Å². The number of ether oxygens (including phenoxy) is 2. The molecule has 1 aliphatic rings. The third-order valence-electron chi connectivity index (χ3n) is 4.54. The first-order valence-electron chi connectivity index (χ1n) is 8.65. The second-order valence-electron chi connectivity index (χ2n) is 6.66. The van der Waals surface area contributed by atoms with Crippen LogP contribution in [0.25, 0.3) is 0 Å². The lowest BCUT2D eigenvalue weighted by Gasteiger charge is -2.24. The van der Waals surface area contributed by atoms with E-state index in [2.05, 4.69) is 0 Å². The molecule has 1 aliphatic carbocycles. The van der Waals surface area contributed by atoms with Gasteiger partial charge in [-0.25, -0.2) is 0 Å². The maximum atomic E-state index is 12.7. The lowest BCUT2D eigenvalue weighted by atomic mass is 9.84. The summed E-state index contributed by atoms with van der Waals surface area (Å²) in [4.78, 5) is 24.6. The van der Waals surface area contributed by atoms with Crippen LogP contribution < -0.4 is 0 Å². The molecule has 0 saturated heterocycles.